The van der Waals surface area contributed by atoms with Crippen LogP contribution in [0.1, 0.15) is 15.9 Å². The lowest BCUT2D eigenvalue weighted by molar-refractivity contribution is -0.137. The minimum Gasteiger partial charge on any atom is -0.507 e. The van der Waals surface area contributed by atoms with E-state index in [0.717, 1.165) is 6.07 Å². The number of phenols is 1. The van der Waals surface area contributed by atoms with Crippen LogP contribution in [0.3, 0.4) is 0 Å². The second kappa shape index (κ2) is 3.76. The van der Waals surface area contributed by atoms with Gasteiger partial charge in [-0.25, -0.2) is 0 Å². The van der Waals surface area contributed by atoms with E-state index in [-0.39, 0.29) is 16.3 Å². The summed E-state index contributed by atoms with van der Waals surface area (Å²) in [7, 11) is 0. The highest BCUT2D eigenvalue weighted by molar-refractivity contribution is 6.00. The molecule has 0 aliphatic heterocycles. The van der Waals surface area contributed by atoms with Gasteiger partial charge in [-0.05, 0) is 22.9 Å². The zero-order valence-corrected chi connectivity index (χ0v) is 8.45. The molecule has 0 heterocycles. The number of hydrogen-bond acceptors (Lipinski definition) is 2. The molecule has 0 radical (unpaired) electrons. The van der Waals surface area contributed by atoms with E-state index >= 15 is 0 Å². The van der Waals surface area contributed by atoms with Crippen LogP contribution in [-0.4, -0.2) is 11.4 Å². The number of alkyl halides is 3. The molecule has 0 aliphatic rings. The third kappa shape index (κ3) is 1.84. The molecule has 2 aromatic rings. The Kier molecular flexibility index (Phi) is 2.53. The maximum absolute atomic E-state index is 12.8. The lowest BCUT2D eigenvalue weighted by Gasteiger charge is -2.12. The average molecular weight is 240 g/mol. The van der Waals surface area contributed by atoms with Gasteiger partial charge < -0.3 is 5.11 Å². The maximum atomic E-state index is 12.8. The highest BCUT2D eigenvalue weighted by Gasteiger charge is 2.36. The number of aldehydes is 1. The molecule has 88 valence electrons. The van der Waals surface area contributed by atoms with Crippen molar-refractivity contribution < 1.29 is 23.1 Å². The van der Waals surface area contributed by atoms with Crippen LogP contribution in [0.15, 0.2) is 30.3 Å². The molecule has 17 heavy (non-hydrogen) atoms. The molecule has 5 heteroatoms. The molecule has 0 unspecified atom stereocenters. The van der Waals surface area contributed by atoms with Crippen LogP contribution in [-0.2, 0) is 6.18 Å². The van der Waals surface area contributed by atoms with E-state index in [4.69, 9.17) is 0 Å². The first-order valence-corrected chi connectivity index (χ1v) is 4.72. The molecule has 0 aromatic heterocycles. The van der Waals surface area contributed by atoms with Crippen molar-refractivity contribution in [3.05, 3.63) is 41.5 Å². The quantitative estimate of drug-likeness (QED) is 0.776. The molecule has 0 bridgehead atoms. The zero-order chi connectivity index (χ0) is 12.6. The fraction of sp³-hybridized carbons (Fsp3) is 0.0833. The van der Waals surface area contributed by atoms with Crippen molar-refractivity contribution >= 4 is 17.1 Å². The van der Waals surface area contributed by atoms with Crippen molar-refractivity contribution in [1.29, 1.82) is 0 Å². The van der Waals surface area contributed by atoms with Crippen molar-refractivity contribution in [2.24, 2.45) is 0 Å². The summed E-state index contributed by atoms with van der Waals surface area (Å²) in [5.41, 5.74) is -0.952. The van der Waals surface area contributed by atoms with Gasteiger partial charge in [-0.2, -0.15) is 13.2 Å². The molecule has 0 spiro atoms. The Morgan fingerprint density at radius 2 is 1.76 bits per heavy atom. The second-order valence-corrected chi connectivity index (χ2v) is 3.52. The molecule has 1 N–H and O–H groups in total. The normalized spacial score (nSPS) is 11.7. The van der Waals surface area contributed by atoms with Crippen LogP contribution in [0.2, 0.25) is 0 Å². The van der Waals surface area contributed by atoms with Gasteiger partial charge in [0.05, 0.1) is 0 Å². The van der Waals surface area contributed by atoms with Gasteiger partial charge in [-0.3, -0.25) is 4.79 Å². The molecule has 2 nitrogen and oxygen atoms in total. The van der Waals surface area contributed by atoms with Crippen LogP contribution in [0, 0.1) is 0 Å². The zero-order valence-electron chi connectivity index (χ0n) is 8.45. The van der Waals surface area contributed by atoms with Crippen LogP contribution >= 0.6 is 0 Å². The average Bonchev–Trinajstić information content (AvgIpc) is 2.25. The number of halogens is 3. The van der Waals surface area contributed by atoms with E-state index < -0.39 is 17.5 Å². The first kappa shape index (κ1) is 11.4. The van der Waals surface area contributed by atoms with E-state index in [2.05, 4.69) is 0 Å². The lowest BCUT2D eigenvalue weighted by Crippen LogP contribution is -2.06. The highest BCUT2D eigenvalue weighted by atomic mass is 19.4. The van der Waals surface area contributed by atoms with Gasteiger partial charge >= 0.3 is 6.18 Å². The molecule has 0 aliphatic carbocycles. The first-order chi connectivity index (χ1) is 7.95. The number of aromatic hydroxyl groups is 1. The van der Waals surface area contributed by atoms with Crippen molar-refractivity contribution in [3.63, 3.8) is 0 Å². The number of carbonyl (C=O) groups excluding carboxylic acids is 1. The van der Waals surface area contributed by atoms with Crippen molar-refractivity contribution in [3.8, 4) is 5.75 Å². The van der Waals surface area contributed by atoms with Gasteiger partial charge in [0.15, 0.2) is 6.29 Å². The Morgan fingerprint density at radius 3 is 2.35 bits per heavy atom. The van der Waals surface area contributed by atoms with E-state index in [1.807, 2.05) is 0 Å². The van der Waals surface area contributed by atoms with Gasteiger partial charge in [0.25, 0.3) is 0 Å². The summed E-state index contributed by atoms with van der Waals surface area (Å²) in [6, 6.07) is 6.24. The Bertz CT molecular complexity index is 588. The Labute approximate surface area is 94.3 Å². The largest absolute Gasteiger partial charge is 0.507 e. The van der Waals surface area contributed by atoms with Crippen LogP contribution in [0.5, 0.6) is 5.75 Å². The van der Waals surface area contributed by atoms with Crippen molar-refractivity contribution in [2.45, 2.75) is 6.18 Å². The van der Waals surface area contributed by atoms with E-state index in [1.165, 1.54) is 24.3 Å². The number of benzene rings is 2. The minimum atomic E-state index is -4.66. The van der Waals surface area contributed by atoms with Gasteiger partial charge in [0, 0.05) is 5.56 Å². The van der Waals surface area contributed by atoms with Gasteiger partial charge in [0.2, 0.25) is 0 Å². The number of carbonyl (C=O) groups is 1. The monoisotopic (exact) mass is 240 g/mol. The van der Waals surface area contributed by atoms with Crippen LogP contribution < -0.4 is 0 Å². The van der Waals surface area contributed by atoms with Crippen molar-refractivity contribution in [1.82, 2.24) is 0 Å². The summed E-state index contributed by atoms with van der Waals surface area (Å²) in [5, 5.41) is 9.29. The van der Waals surface area contributed by atoms with E-state index in [0.29, 0.717) is 6.29 Å². The fourth-order valence-electron chi connectivity index (χ4n) is 1.77. The number of hydrogen-bond donors (Lipinski definition) is 1. The standard InChI is InChI=1S/C12H7F3O2/c13-12(14,15)11-9-3-1-2-7(6-16)8(9)4-5-10(11)17/h1-6,17H. The fourth-order valence-corrected chi connectivity index (χ4v) is 1.77. The first-order valence-electron chi connectivity index (χ1n) is 4.72. The predicted octanol–water partition coefficient (Wildman–Crippen LogP) is 3.38. The molecule has 0 fully saturated rings. The summed E-state index contributed by atoms with van der Waals surface area (Å²) in [5.74, 6) is -0.840. The van der Waals surface area contributed by atoms with Gasteiger partial charge in [-0.1, -0.05) is 18.2 Å². The molecular weight excluding hydrogens is 233 g/mol. The summed E-state index contributed by atoms with van der Waals surface area (Å²) in [4.78, 5) is 10.7. The SMILES string of the molecule is O=Cc1cccc2c(C(F)(F)F)c(O)ccc12. The van der Waals surface area contributed by atoms with Crippen LogP contribution in [0.25, 0.3) is 10.8 Å². The number of phenolic OH excluding ortho intramolecular Hbond substituents is 1. The molecule has 2 rings (SSSR count). The van der Waals surface area contributed by atoms with Crippen molar-refractivity contribution in [2.75, 3.05) is 0 Å². The topological polar surface area (TPSA) is 37.3 Å². The highest BCUT2D eigenvalue weighted by Crippen LogP contribution is 2.41. The summed E-state index contributed by atoms with van der Waals surface area (Å²) >= 11 is 0. The maximum Gasteiger partial charge on any atom is 0.420 e. The number of fused-ring (bicyclic) bond motifs is 1. The molecular formula is C12H7F3O2. The molecule has 0 atom stereocenters. The lowest BCUT2D eigenvalue weighted by atomic mass is 9.99. The summed E-state index contributed by atoms with van der Waals surface area (Å²) < 4.78 is 38.3. The Morgan fingerprint density at radius 1 is 1.06 bits per heavy atom. The van der Waals surface area contributed by atoms with E-state index in [1.54, 1.807) is 0 Å². The Balaban J connectivity index is 2.92. The second-order valence-electron chi connectivity index (χ2n) is 3.52. The summed E-state index contributed by atoms with van der Waals surface area (Å²) in [6.07, 6.45) is -4.18. The molecule has 0 saturated heterocycles. The molecule has 0 saturated carbocycles. The third-order valence-electron chi connectivity index (χ3n) is 2.48. The van der Waals surface area contributed by atoms with Gasteiger partial charge in [0.1, 0.15) is 11.3 Å². The smallest absolute Gasteiger partial charge is 0.420 e. The summed E-state index contributed by atoms with van der Waals surface area (Å²) in [6.45, 7) is 0. The predicted molar refractivity (Wildman–Crippen MR) is 56.0 cm³/mol. The Hall–Kier alpha value is -2.04. The minimum absolute atomic E-state index is 0.160. The molecule has 2 aromatic carbocycles. The van der Waals surface area contributed by atoms with Crippen LogP contribution in [0.4, 0.5) is 13.2 Å². The molecule has 0 amide bonds. The number of rotatable bonds is 1. The van der Waals surface area contributed by atoms with E-state index in [9.17, 15) is 23.1 Å². The van der Waals surface area contributed by atoms with Gasteiger partial charge in [-0.15, -0.1) is 0 Å². The third-order valence-corrected chi connectivity index (χ3v) is 2.48.